The van der Waals surface area contributed by atoms with Crippen LogP contribution >= 0.6 is 0 Å². The molecule has 2 rings (SSSR count). The minimum absolute atomic E-state index is 0.00939. The van der Waals surface area contributed by atoms with E-state index in [0.717, 1.165) is 0 Å². The Hall–Kier alpha value is -1.39. The average molecular weight is 304 g/mol. The fourth-order valence-corrected chi connectivity index (χ4v) is 3.04. The van der Waals surface area contributed by atoms with Crippen molar-refractivity contribution in [3.8, 4) is 0 Å². The molecule has 4 nitrogen and oxygen atoms in total. The number of carbonyl (C=O) groups excluding carboxylic acids is 1. The molecular formula is C18H28N2O2. The SMILES string of the molecule is CN(C)C[C@@]1(O)CCN(C(=O)c2ccc(C(C)(C)C)cc2)C1. The Labute approximate surface area is 133 Å². The molecule has 1 fully saturated rings. The van der Waals surface area contributed by atoms with Gasteiger partial charge in [0.25, 0.3) is 5.91 Å². The number of rotatable bonds is 3. The second kappa shape index (κ2) is 6.01. The number of nitrogens with zero attached hydrogens (tertiary/aromatic N) is 2. The molecule has 0 saturated carbocycles. The molecule has 1 aromatic carbocycles. The zero-order chi connectivity index (χ0) is 16.5. The molecule has 1 N–H and O–H groups in total. The first-order valence-electron chi connectivity index (χ1n) is 7.88. The van der Waals surface area contributed by atoms with Crippen LogP contribution < -0.4 is 0 Å². The van der Waals surface area contributed by atoms with E-state index in [1.807, 2.05) is 43.3 Å². The van der Waals surface area contributed by atoms with E-state index >= 15 is 0 Å². The number of likely N-dealkylation sites (N-methyl/N-ethyl adjacent to an activating group) is 1. The summed E-state index contributed by atoms with van der Waals surface area (Å²) in [5.74, 6) is 0.00939. The minimum Gasteiger partial charge on any atom is -0.387 e. The van der Waals surface area contributed by atoms with Gasteiger partial charge in [0, 0.05) is 18.7 Å². The van der Waals surface area contributed by atoms with Gasteiger partial charge in [0.2, 0.25) is 0 Å². The number of amides is 1. The minimum atomic E-state index is -0.787. The van der Waals surface area contributed by atoms with Gasteiger partial charge in [-0.15, -0.1) is 0 Å². The molecule has 22 heavy (non-hydrogen) atoms. The maximum atomic E-state index is 12.6. The summed E-state index contributed by atoms with van der Waals surface area (Å²) in [4.78, 5) is 16.3. The second-order valence-electron chi connectivity index (χ2n) is 7.77. The van der Waals surface area contributed by atoms with Crippen molar-refractivity contribution >= 4 is 5.91 Å². The molecule has 4 heteroatoms. The standard InChI is InChI=1S/C18H28N2O2/c1-17(2,3)15-8-6-14(7-9-15)16(21)20-11-10-18(22,13-20)12-19(4)5/h6-9,22H,10-13H2,1-5H3/t18-/m0/s1. The molecule has 1 atom stereocenters. The number of likely N-dealkylation sites (tertiary alicyclic amines) is 1. The summed E-state index contributed by atoms with van der Waals surface area (Å²) in [6, 6.07) is 7.84. The average Bonchev–Trinajstić information content (AvgIpc) is 2.78. The lowest BCUT2D eigenvalue weighted by Gasteiger charge is -2.26. The molecule has 0 bridgehead atoms. The Balaban J connectivity index is 2.07. The molecule has 0 spiro atoms. The van der Waals surface area contributed by atoms with Gasteiger partial charge in [0.15, 0.2) is 0 Å². The summed E-state index contributed by atoms with van der Waals surface area (Å²) in [7, 11) is 3.88. The van der Waals surface area contributed by atoms with Crippen molar-refractivity contribution in [2.75, 3.05) is 33.7 Å². The van der Waals surface area contributed by atoms with Gasteiger partial charge in [-0.25, -0.2) is 0 Å². The van der Waals surface area contributed by atoms with E-state index < -0.39 is 5.60 Å². The smallest absolute Gasteiger partial charge is 0.253 e. The van der Waals surface area contributed by atoms with Crippen molar-refractivity contribution in [2.24, 2.45) is 0 Å². The van der Waals surface area contributed by atoms with Gasteiger partial charge in [-0.1, -0.05) is 32.9 Å². The summed E-state index contributed by atoms with van der Waals surface area (Å²) in [6.07, 6.45) is 0.636. The number of hydrogen-bond donors (Lipinski definition) is 1. The predicted octanol–water partition coefficient (Wildman–Crippen LogP) is 2.12. The Bertz CT molecular complexity index is 531. The van der Waals surface area contributed by atoms with Crippen LogP contribution in [0.5, 0.6) is 0 Å². The van der Waals surface area contributed by atoms with Gasteiger partial charge in [-0.05, 0) is 43.6 Å². The third-order valence-electron chi connectivity index (χ3n) is 4.23. The first-order valence-corrected chi connectivity index (χ1v) is 7.88. The summed E-state index contributed by atoms with van der Waals surface area (Å²) >= 11 is 0. The number of β-amino-alcohol motifs (C(OH)–C–C–N with tert-alkyl or cyclic N) is 1. The van der Waals surface area contributed by atoms with Crippen LogP contribution in [0.3, 0.4) is 0 Å². The van der Waals surface area contributed by atoms with Crippen LogP contribution in [0.4, 0.5) is 0 Å². The highest BCUT2D eigenvalue weighted by molar-refractivity contribution is 5.94. The van der Waals surface area contributed by atoms with Crippen molar-refractivity contribution in [3.63, 3.8) is 0 Å². The second-order valence-corrected chi connectivity index (χ2v) is 7.77. The molecule has 0 aliphatic carbocycles. The van der Waals surface area contributed by atoms with Gasteiger partial charge < -0.3 is 14.9 Å². The summed E-state index contributed by atoms with van der Waals surface area (Å²) in [5.41, 5.74) is 1.21. The number of hydrogen-bond acceptors (Lipinski definition) is 3. The van der Waals surface area contributed by atoms with Crippen LogP contribution in [0.25, 0.3) is 0 Å². The molecule has 1 aliphatic heterocycles. The van der Waals surface area contributed by atoms with E-state index in [9.17, 15) is 9.90 Å². The lowest BCUT2D eigenvalue weighted by molar-refractivity contribution is 0.0236. The van der Waals surface area contributed by atoms with Crippen LogP contribution in [0.1, 0.15) is 43.1 Å². The van der Waals surface area contributed by atoms with Crippen molar-refractivity contribution in [1.29, 1.82) is 0 Å². The normalized spacial score (nSPS) is 22.4. The van der Waals surface area contributed by atoms with Crippen molar-refractivity contribution in [3.05, 3.63) is 35.4 Å². The topological polar surface area (TPSA) is 43.8 Å². The number of benzene rings is 1. The Morgan fingerprint density at radius 3 is 2.36 bits per heavy atom. The largest absolute Gasteiger partial charge is 0.387 e. The Kier molecular flexibility index (Phi) is 4.64. The summed E-state index contributed by atoms with van der Waals surface area (Å²) < 4.78 is 0. The molecule has 0 aromatic heterocycles. The number of aliphatic hydroxyl groups is 1. The lowest BCUT2D eigenvalue weighted by Crippen LogP contribution is -2.43. The Morgan fingerprint density at radius 1 is 1.27 bits per heavy atom. The van der Waals surface area contributed by atoms with E-state index in [2.05, 4.69) is 20.8 Å². The molecule has 122 valence electrons. The highest BCUT2D eigenvalue weighted by atomic mass is 16.3. The lowest BCUT2D eigenvalue weighted by atomic mass is 9.86. The van der Waals surface area contributed by atoms with Gasteiger partial charge in [0.1, 0.15) is 0 Å². The first kappa shape index (κ1) is 17.0. The van der Waals surface area contributed by atoms with Crippen LogP contribution in [-0.4, -0.2) is 60.1 Å². The van der Waals surface area contributed by atoms with E-state index in [1.165, 1.54) is 5.56 Å². The van der Waals surface area contributed by atoms with E-state index in [4.69, 9.17) is 0 Å². The van der Waals surface area contributed by atoms with Crippen molar-refractivity contribution in [1.82, 2.24) is 9.80 Å². The third kappa shape index (κ3) is 3.87. The molecule has 1 aromatic rings. The maximum Gasteiger partial charge on any atom is 0.253 e. The molecule has 1 saturated heterocycles. The summed E-state index contributed by atoms with van der Waals surface area (Å²) in [5, 5.41) is 10.5. The van der Waals surface area contributed by atoms with Gasteiger partial charge in [-0.2, -0.15) is 0 Å². The molecule has 0 unspecified atom stereocenters. The van der Waals surface area contributed by atoms with Crippen LogP contribution in [0, 0.1) is 0 Å². The van der Waals surface area contributed by atoms with Gasteiger partial charge >= 0.3 is 0 Å². The van der Waals surface area contributed by atoms with Crippen molar-refractivity contribution < 1.29 is 9.90 Å². The van der Waals surface area contributed by atoms with Crippen LogP contribution in [0.15, 0.2) is 24.3 Å². The highest BCUT2D eigenvalue weighted by Crippen LogP contribution is 2.25. The molecule has 1 amide bonds. The maximum absolute atomic E-state index is 12.6. The van der Waals surface area contributed by atoms with Gasteiger partial charge in [0.05, 0.1) is 12.1 Å². The molecule has 1 aliphatic rings. The fourth-order valence-electron chi connectivity index (χ4n) is 3.04. The van der Waals surface area contributed by atoms with Gasteiger partial charge in [-0.3, -0.25) is 4.79 Å². The van der Waals surface area contributed by atoms with Crippen LogP contribution in [-0.2, 0) is 5.41 Å². The quantitative estimate of drug-likeness (QED) is 0.930. The predicted molar refractivity (Wildman–Crippen MR) is 89.2 cm³/mol. The van der Waals surface area contributed by atoms with E-state index in [1.54, 1.807) is 4.90 Å². The fraction of sp³-hybridized carbons (Fsp3) is 0.611. The highest BCUT2D eigenvalue weighted by Gasteiger charge is 2.38. The first-order chi connectivity index (χ1) is 10.1. The van der Waals surface area contributed by atoms with E-state index in [0.29, 0.717) is 31.6 Å². The van der Waals surface area contributed by atoms with Crippen molar-refractivity contribution in [2.45, 2.75) is 38.2 Å². The summed E-state index contributed by atoms with van der Waals surface area (Å²) in [6.45, 7) is 8.08. The zero-order valence-electron chi connectivity index (χ0n) is 14.4. The molecule has 1 heterocycles. The Morgan fingerprint density at radius 2 is 1.86 bits per heavy atom. The van der Waals surface area contributed by atoms with E-state index in [-0.39, 0.29) is 11.3 Å². The third-order valence-corrected chi connectivity index (χ3v) is 4.23. The van der Waals surface area contributed by atoms with Crippen LogP contribution in [0.2, 0.25) is 0 Å². The number of carbonyl (C=O) groups is 1. The molecular weight excluding hydrogens is 276 g/mol. The molecule has 0 radical (unpaired) electrons. The monoisotopic (exact) mass is 304 g/mol. The zero-order valence-corrected chi connectivity index (χ0v) is 14.4.